The van der Waals surface area contributed by atoms with E-state index in [1.807, 2.05) is 0 Å². The van der Waals surface area contributed by atoms with Gasteiger partial charge in [-0.1, -0.05) is 0 Å². The van der Waals surface area contributed by atoms with E-state index in [0.29, 0.717) is 55.1 Å². The van der Waals surface area contributed by atoms with Crippen LogP contribution >= 0.6 is 11.8 Å². The van der Waals surface area contributed by atoms with Gasteiger partial charge in [0.2, 0.25) is 0 Å². The van der Waals surface area contributed by atoms with E-state index in [1.165, 1.54) is 24.3 Å². The van der Waals surface area contributed by atoms with Gasteiger partial charge >= 0.3 is 11.5 Å². The van der Waals surface area contributed by atoms with Crippen LogP contribution in [0.4, 0.5) is 23.7 Å². The molecule has 11 heteroatoms. The lowest BCUT2D eigenvalue weighted by atomic mass is 10.0. The van der Waals surface area contributed by atoms with Gasteiger partial charge in [-0.05, 0) is 72.1 Å². The van der Waals surface area contributed by atoms with Crippen molar-refractivity contribution in [1.82, 2.24) is 9.80 Å². The molecule has 2 aromatic carbocycles. The summed E-state index contributed by atoms with van der Waals surface area (Å²) in [7, 11) is 0. The van der Waals surface area contributed by atoms with Crippen LogP contribution in [0.15, 0.2) is 53.4 Å². The summed E-state index contributed by atoms with van der Waals surface area (Å²) in [6, 6.07) is 14.2. The summed E-state index contributed by atoms with van der Waals surface area (Å²) in [5.74, 6) is 1.39. The average Bonchev–Trinajstić information content (AvgIpc) is 3.37. The molecular formula is C24H26F3N5O2S. The summed E-state index contributed by atoms with van der Waals surface area (Å²) in [4.78, 5) is 16.8. The Morgan fingerprint density at radius 2 is 1.74 bits per heavy atom. The summed E-state index contributed by atoms with van der Waals surface area (Å²) < 4.78 is 43.1. The van der Waals surface area contributed by atoms with Gasteiger partial charge in [0.05, 0.1) is 17.7 Å². The van der Waals surface area contributed by atoms with Gasteiger partial charge in [-0.2, -0.15) is 18.4 Å². The smallest absolute Gasteiger partial charge is 0.446 e. The van der Waals surface area contributed by atoms with Crippen LogP contribution < -0.4 is 15.8 Å². The Morgan fingerprint density at radius 1 is 1.11 bits per heavy atom. The van der Waals surface area contributed by atoms with Crippen molar-refractivity contribution in [3.05, 3.63) is 54.1 Å². The lowest BCUT2D eigenvalue weighted by molar-refractivity contribution is -0.0328. The Labute approximate surface area is 206 Å². The minimum absolute atomic E-state index is 0.0757. The molecule has 3 atom stereocenters. The quantitative estimate of drug-likeness (QED) is 0.553. The fourth-order valence-electron chi connectivity index (χ4n) is 4.56. The monoisotopic (exact) mass is 505 g/mol. The lowest BCUT2D eigenvalue weighted by Gasteiger charge is -2.24. The number of nitrogens with two attached hydrogens (primary N) is 1. The van der Waals surface area contributed by atoms with Crippen LogP contribution in [0.25, 0.3) is 0 Å². The van der Waals surface area contributed by atoms with Crippen molar-refractivity contribution in [1.29, 1.82) is 5.26 Å². The minimum atomic E-state index is -4.34. The molecule has 0 saturated carbocycles. The number of hydrogen-bond acceptors (Lipinski definition) is 6. The molecule has 2 saturated heterocycles. The summed E-state index contributed by atoms with van der Waals surface area (Å²) in [6.45, 7) is 4.02. The van der Waals surface area contributed by atoms with Gasteiger partial charge in [0.1, 0.15) is 12.4 Å². The molecular weight excluding hydrogens is 479 g/mol. The number of benzene rings is 2. The second kappa shape index (κ2) is 10.8. The molecule has 35 heavy (non-hydrogen) atoms. The van der Waals surface area contributed by atoms with Crippen LogP contribution in [0.1, 0.15) is 5.56 Å². The van der Waals surface area contributed by atoms with E-state index in [2.05, 4.69) is 16.3 Å². The van der Waals surface area contributed by atoms with Gasteiger partial charge in [-0.25, -0.2) is 4.79 Å². The third kappa shape index (κ3) is 7.04. The van der Waals surface area contributed by atoms with E-state index in [1.54, 1.807) is 29.2 Å². The Kier molecular flexibility index (Phi) is 7.74. The van der Waals surface area contributed by atoms with E-state index >= 15 is 0 Å². The Morgan fingerprint density at radius 3 is 2.31 bits per heavy atom. The second-order valence-corrected chi connectivity index (χ2v) is 9.99. The van der Waals surface area contributed by atoms with Gasteiger partial charge in [-0.15, -0.1) is 0 Å². The Hall–Kier alpha value is -2.94. The van der Waals surface area contributed by atoms with E-state index in [4.69, 9.17) is 15.7 Å². The summed E-state index contributed by atoms with van der Waals surface area (Å²) in [5.41, 5.74) is 2.96. The van der Waals surface area contributed by atoms with Gasteiger partial charge in [0.15, 0.2) is 0 Å². The normalized spacial score (nSPS) is 20.8. The fourth-order valence-corrected chi connectivity index (χ4v) is 5.10. The maximum atomic E-state index is 12.6. The number of rotatable bonds is 7. The molecule has 0 spiro atoms. The number of carbonyl (C=O) groups is 1. The van der Waals surface area contributed by atoms with Crippen LogP contribution in [0, 0.1) is 23.2 Å². The number of nitrogens with zero attached hydrogens (tertiary/aromatic N) is 3. The number of hydrogen-bond donors (Lipinski definition) is 2. The highest BCUT2D eigenvalue weighted by Gasteiger charge is 2.41. The molecule has 0 aromatic heterocycles. The highest BCUT2D eigenvalue weighted by atomic mass is 32.2. The van der Waals surface area contributed by atoms with Crippen LogP contribution in [-0.2, 0) is 0 Å². The number of ether oxygens (including phenoxy) is 1. The zero-order valence-corrected chi connectivity index (χ0v) is 19.7. The lowest BCUT2D eigenvalue weighted by Crippen LogP contribution is -2.42. The topological polar surface area (TPSA) is 94.6 Å². The maximum absolute atomic E-state index is 12.6. The third-order valence-electron chi connectivity index (χ3n) is 6.13. The molecule has 7 nitrogen and oxygen atoms in total. The van der Waals surface area contributed by atoms with Gasteiger partial charge < -0.3 is 25.6 Å². The molecule has 2 aromatic rings. The van der Waals surface area contributed by atoms with E-state index < -0.39 is 5.51 Å². The largest absolute Gasteiger partial charge is 0.492 e. The first-order chi connectivity index (χ1) is 16.7. The number of nitriles is 1. The number of anilines is 1. The highest BCUT2D eigenvalue weighted by Crippen LogP contribution is 2.37. The number of amides is 2. The maximum Gasteiger partial charge on any atom is 0.446 e. The summed E-state index contributed by atoms with van der Waals surface area (Å²) >= 11 is -0.183. The molecule has 2 amide bonds. The first-order valence-electron chi connectivity index (χ1n) is 11.2. The van der Waals surface area contributed by atoms with Gasteiger partial charge in [-0.3, -0.25) is 0 Å². The van der Waals surface area contributed by atoms with Crippen molar-refractivity contribution in [3.8, 4) is 11.8 Å². The Balaban J connectivity index is 1.18. The van der Waals surface area contributed by atoms with Crippen LogP contribution in [-0.4, -0.2) is 66.7 Å². The van der Waals surface area contributed by atoms with Crippen molar-refractivity contribution in [2.45, 2.75) is 16.4 Å². The minimum Gasteiger partial charge on any atom is -0.492 e. The van der Waals surface area contributed by atoms with Crippen molar-refractivity contribution < 1.29 is 22.7 Å². The number of alkyl halides is 3. The standard InChI is InChI=1S/C24H26F3N5O2S/c25-24(26,27)35-22-7-3-20(4-8-22)30-23(33)32-12-17-10-31(11-18(17)13-32)14-19(29)15-34-21-5-1-16(9-28)2-6-21/h1-8,17-19H,10-15,29H2,(H,30,33)/t17?,18?,19-/m0/s1. The zero-order valence-electron chi connectivity index (χ0n) is 18.9. The third-order valence-corrected chi connectivity index (χ3v) is 6.87. The SMILES string of the molecule is N#Cc1ccc(OC[C@@H](N)CN2CC3CN(C(=O)Nc4ccc(SC(F)(F)F)cc4)CC3C2)cc1. The number of halogens is 3. The molecule has 186 valence electrons. The molecule has 0 bridgehead atoms. The fraction of sp³-hybridized carbons (Fsp3) is 0.417. The van der Waals surface area contributed by atoms with Crippen molar-refractivity contribution in [3.63, 3.8) is 0 Å². The van der Waals surface area contributed by atoms with E-state index in [-0.39, 0.29) is 28.7 Å². The van der Waals surface area contributed by atoms with Crippen LogP contribution in [0.2, 0.25) is 0 Å². The van der Waals surface area contributed by atoms with Crippen LogP contribution in [0.3, 0.4) is 0 Å². The molecule has 2 aliphatic rings. The number of likely N-dealkylation sites (tertiary alicyclic amines) is 2. The second-order valence-electron chi connectivity index (χ2n) is 8.85. The van der Waals surface area contributed by atoms with Gasteiger partial charge in [0.25, 0.3) is 0 Å². The highest BCUT2D eigenvalue weighted by molar-refractivity contribution is 8.00. The predicted octanol–water partition coefficient (Wildman–Crippen LogP) is 3.97. The molecule has 2 fully saturated rings. The van der Waals surface area contributed by atoms with E-state index in [9.17, 15) is 18.0 Å². The number of fused-ring (bicyclic) bond motifs is 1. The van der Waals surface area contributed by atoms with E-state index in [0.717, 1.165) is 13.1 Å². The van der Waals surface area contributed by atoms with Crippen molar-refractivity contribution in [2.75, 3.05) is 44.6 Å². The molecule has 2 heterocycles. The van der Waals surface area contributed by atoms with Gasteiger partial charge in [0, 0.05) is 43.3 Å². The molecule has 2 aliphatic heterocycles. The molecule has 0 radical (unpaired) electrons. The number of thioether (sulfide) groups is 1. The molecule has 4 rings (SSSR count). The molecule has 0 aliphatic carbocycles. The molecule has 3 N–H and O–H groups in total. The summed E-state index contributed by atoms with van der Waals surface area (Å²) in [6.07, 6.45) is 0. The van der Waals surface area contributed by atoms with Crippen molar-refractivity contribution >= 4 is 23.5 Å². The zero-order chi connectivity index (χ0) is 25.0. The molecule has 2 unspecified atom stereocenters. The number of urea groups is 1. The predicted molar refractivity (Wildman–Crippen MR) is 127 cm³/mol. The van der Waals surface area contributed by atoms with Crippen LogP contribution in [0.5, 0.6) is 5.75 Å². The Bertz CT molecular complexity index is 1040. The van der Waals surface area contributed by atoms with Crippen molar-refractivity contribution in [2.24, 2.45) is 17.6 Å². The first-order valence-corrected chi connectivity index (χ1v) is 12.0. The number of carbonyl (C=O) groups excluding carboxylic acids is 1. The average molecular weight is 506 g/mol. The number of nitrogens with one attached hydrogen (secondary N) is 1. The summed E-state index contributed by atoms with van der Waals surface area (Å²) in [5, 5.41) is 11.6. The first kappa shape index (κ1) is 25.2.